The Morgan fingerprint density at radius 3 is 2.30 bits per heavy atom. The van der Waals surface area contributed by atoms with Crippen LogP contribution in [-0.2, 0) is 4.79 Å². The standard InChI is InChI=1S/C17H24ClN3O2/c1-12(13-6-8-14(18)9-7-13)20-16(23)21-17(15(22)19-2)10-4-3-5-11-17/h6-9,12H,3-5,10-11H2,1-2H3,(H,19,22)(H2,20,21,23)/t12-/m0/s1. The van der Waals surface area contributed by atoms with Crippen molar-refractivity contribution in [2.24, 2.45) is 0 Å². The molecule has 1 fully saturated rings. The zero-order valence-corrected chi connectivity index (χ0v) is 14.4. The smallest absolute Gasteiger partial charge is 0.316 e. The van der Waals surface area contributed by atoms with Gasteiger partial charge in [0.1, 0.15) is 5.54 Å². The second kappa shape index (κ2) is 7.68. The number of halogens is 1. The molecular formula is C17H24ClN3O2. The summed E-state index contributed by atoms with van der Waals surface area (Å²) in [7, 11) is 1.61. The molecule has 1 aliphatic carbocycles. The van der Waals surface area contributed by atoms with Crippen LogP contribution in [-0.4, -0.2) is 24.5 Å². The van der Waals surface area contributed by atoms with Crippen LogP contribution in [0.4, 0.5) is 4.79 Å². The molecular weight excluding hydrogens is 314 g/mol. The van der Waals surface area contributed by atoms with Gasteiger partial charge in [0.15, 0.2) is 0 Å². The maximum Gasteiger partial charge on any atom is 0.316 e. The second-order valence-electron chi connectivity index (χ2n) is 6.09. The van der Waals surface area contributed by atoms with E-state index in [1.807, 2.05) is 19.1 Å². The van der Waals surface area contributed by atoms with Crippen LogP contribution >= 0.6 is 11.6 Å². The highest BCUT2D eigenvalue weighted by Gasteiger charge is 2.40. The molecule has 126 valence electrons. The highest BCUT2D eigenvalue weighted by molar-refractivity contribution is 6.30. The van der Waals surface area contributed by atoms with Crippen LogP contribution in [0.2, 0.25) is 5.02 Å². The molecule has 0 heterocycles. The number of carbonyl (C=O) groups excluding carboxylic acids is 2. The van der Waals surface area contributed by atoms with Gasteiger partial charge in [-0.1, -0.05) is 43.0 Å². The Morgan fingerprint density at radius 2 is 1.74 bits per heavy atom. The molecule has 0 radical (unpaired) electrons. The van der Waals surface area contributed by atoms with Gasteiger partial charge in [0, 0.05) is 12.1 Å². The summed E-state index contributed by atoms with van der Waals surface area (Å²) in [5, 5.41) is 9.14. The SMILES string of the molecule is CNC(=O)C1(NC(=O)N[C@@H](C)c2ccc(Cl)cc2)CCCCC1. The van der Waals surface area contributed by atoms with E-state index < -0.39 is 5.54 Å². The molecule has 0 saturated heterocycles. The molecule has 0 aliphatic heterocycles. The van der Waals surface area contributed by atoms with Gasteiger partial charge in [-0.15, -0.1) is 0 Å². The minimum absolute atomic E-state index is 0.119. The van der Waals surface area contributed by atoms with Gasteiger partial charge in [-0.3, -0.25) is 4.79 Å². The fourth-order valence-electron chi connectivity index (χ4n) is 3.09. The topological polar surface area (TPSA) is 70.2 Å². The number of nitrogens with one attached hydrogen (secondary N) is 3. The van der Waals surface area contributed by atoms with E-state index in [1.165, 1.54) is 0 Å². The predicted octanol–water partition coefficient (Wildman–Crippen LogP) is 3.15. The van der Waals surface area contributed by atoms with Crippen LogP contribution in [0.15, 0.2) is 24.3 Å². The lowest BCUT2D eigenvalue weighted by Crippen LogP contribution is -2.61. The molecule has 3 N–H and O–H groups in total. The van der Waals surface area contributed by atoms with Gasteiger partial charge < -0.3 is 16.0 Å². The van der Waals surface area contributed by atoms with Gasteiger partial charge in [0.05, 0.1) is 6.04 Å². The zero-order valence-electron chi connectivity index (χ0n) is 13.6. The lowest BCUT2D eigenvalue weighted by Gasteiger charge is -2.36. The monoisotopic (exact) mass is 337 g/mol. The Hall–Kier alpha value is -1.75. The molecule has 5 nitrogen and oxygen atoms in total. The molecule has 23 heavy (non-hydrogen) atoms. The highest BCUT2D eigenvalue weighted by atomic mass is 35.5. The summed E-state index contributed by atoms with van der Waals surface area (Å²) in [5.74, 6) is -0.119. The average molecular weight is 338 g/mol. The Morgan fingerprint density at radius 1 is 1.13 bits per heavy atom. The summed E-state index contributed by atoms with van der Waals surface area (Å²) in [5.41, 5.74) is 0.166. The molecule has 6 heteroatoms. The maximum atomic E-state index is 12.4. The summed E-state index contributed by atoms with van der Waals surface area (Å²) in [6.45, 7) is 1.90. The normalized spacial score (nSPS) is 17.9. The first-order valence-electron chi connectivity index (χ1n) is 8.03. The molecule has 0 spiro atoms. The predicted molar refractivity (Wildman–Crippen MR) is 91.4 cm³/mol. The molecule has 1 aromatic carbocycles. The minimum Gasteiger partial charge on any atom is -0.357 e. The Balaban J connectivity index is 2.01. The zero-order chi connectivity index (χ0) is 16.9. The number of amides is 3. The van der Waals surface area contributed by atoms with Gasteiger partial charge in [0.2, 0.25) is 5.91 Å². The number of rotatable bonds is 4. The highest BCUT2D eigenvalue weighted by Crippen LogP contribution is 2.28. The van der Waals surface area contributed by atoms with E-state index >= 15 is 0 Å². The van der Waals surface area contributed by atoms with Crippen molar-refractivity contribution >= 4 is 23.5 Å². The summed E-state index contributed by atoms with van der Waals surface area (Å²) >= 11 is 5.88. The van der Waals surface area contributed by atoms with Crippen molar-refractivity contribution in [2.45, 2.75) is 50.6 Å². The third kappa shape index (κ3) is 4.38. The van der Waals surface area contributed by atoms with Gasteiger partial charge in [-0.25, -0.2) is 4.79 Å². The third-order valence-corrected chi connectivity index (χ3v) is 4.69. The van der Waals surface area contributed by atoms with Crippen LogP contribution < -0.4 is 16.0 Å². The van der Waals surface area contributed by atoms with Crippen molar-refractivity contribution in [1.29, 1.82) is 0 Å². The molecule has 0 bridgehead atoms. The lowest BCUT2D eigenvalue weighted by molar-refractivity contribution is -0.128. The summed E-state index contributed by atoms with van der Waals surface area (Å²) in [6, 6.07) is 6.85. The van der Waals surface area contributed by atoms with Crippen molar-refractivity contribution in [3.05, 3.63) is 34.9 Å². The van der Waals surface area contributed by atoms with E-state index in [4.69, 9.17) is 11.6 Å². The molecule has 0 unspecified atom stereocenters. The first-order chi connectivity index (χ1) is 11.0. The van der Waals surface area contributed by atoms with Crippen LogP contribution in [0.3, 0.4) is 0 Å². The number of likely N-dealkylation sites (N-methyl/N-ethyl adjacent to an activating group) is 1. The molecule has 1 atom stereocenters. The van der Waals surface area contributed by atoms with E-state index in [2.05, 4.69) is 16.0 Å². The fourth-order valence-corrected chi connectivity index (χ4v) is 3.21. The Bertz CT molecular complexity index is 553. The summed E-state index contributed by atoms with van der Waals surface area (Å²) < 4.78 is 0. The fraction of sp³-hybridized carbons (Fsp3) is 0.529. The quantitative estimate of drug-likeness (QED) is 0.789. The molecule has 1 aromatic rings. The first kappa shape index (κ1) is 17.6. The number of carbonyl (C=O) groups is 2. The van der Waals surface area contributed by atoms with Crippen LogP contribution in [0.25, 0.3) is 0 Å². The van der Waals surface area contributed by atoms with Gasteiger partial charge >= 0.3 is 6.03 Å². The van der Waals surface area contributed by atoms with E-state index in [-0.39, 0.29) is 18.0 Å². The van der Waals surface area contributed by atoms with Gasteiger partial charge in [-0.2, -0.15) is 0 Å². The van der Waals surface area contributed by atoms with E-state index in [9.17, 15) is 9.59 Å². The van der Waals surface area contributed by atoms with E-state index in [0.29, 0.717) is 17.9 Å². The molecule has 0 aromatic heterocycles. The van der Waals surface area contributed by atoms with Gasteiger partial charge in [-0.05, 0) is 37.5 Å². The first-order valence-corrected chi connectivity index (χ1v) is 8.41. The maximum absolute atomic E-state index is 12.4. The molecule has 1 saturated carbocycles. The number of benzene rings is 1. The molecule has 1 aliphatic rings. The third-order valence-electron chi connectivity index (χ3n) is 4.44. The second-order valence-corrected chi connectivity index (χ2v) is 6.53. The largest absolute Gasteiger partial charge is 0.357 e. The van der Waals surface area contributed by atoms with E-state index in [1.54, 1.807) is 19.2 Å². The summed E-state index contributed by atoms with van der Waals surface area (Å²) in [4.78, 5) is 24.6. The minimum atomic E-state index is -0.795. The molecule has 2 rings (SSSR count). The number of hydrogen-bond donors (Lipinski definition) is 3. The summed E-state index contributed by atoms with van der Waals surface area (Å²) in [6.07, 6.45) is 4.34. The van der Waals surface area contributed by atoms with E-state index in [0.717, 1.165) is 24.8 Å². The number of hydrogen-bond acceptors (Lipinski definition) is 2. The average Bonchev–Trinajstić information content (AvgIpc) is 2.55. The lowest BCUT2D eigenvalue weighted by atomic mass is 9.81. The van der Waals surface area contributed by atoms with Crippen molar-refractivity contribution in [3.63, 3.8) is 0 Å². The van der Waals surface area contributed by atoms with Crippen molar-refractivity contribution < 1.29 is 9.59 Å². The Kier molecular flexibility index (Phi) is 5.88. The molecule has 3 amide bonds. The van der Waals surface area contributed by atoms with Crippen LogP contribution in [0.5, 0.6) is 0 Å². The van der Waals surface area contributed by atoms with Gasteiger partial charge in [0.25, 0.3) is 0 Å². The van der Waals surface area contributed by atoms with Crippen molar-refractivity contribution in [1.82, 2.24) is 16.0 Å². The van der Waals surface area contributed by atoms with Crippen LogP contribution in [0, 0.1) is 0 Å². The van der Waals surface area contributed by atoms with Crippen molar-refractivity contribution in [3.8, 4) is 0 Å². The van der Waals surface area contributed by atoms with Crippen molar-refractivity contribution in [2.75, 3.05) is 7.05 Å². The van der Waals surface area contributed by atoms with Crippen LogP contribution in [0.1, 0.15) is 50.6 Å². The number of urea groups is 1. The Labute approximate surface area is 142 Å².